The van der Waals surface area contributed by atoms with Crippen molar-refractivity contribution in [1.82, 2.24) is 15.4 Å². The molecular formula is C12H25N3O5S. The number of carboxylic acids is 1. The Bertz CT molecular complexity index is 473. The average Bonchev–Trinajstić information content (AvgIpc) is 2.21. The van der Waals surface area contributed by atoms with Crippen LogP contribution >= 0.6 is 0 Å². The molecule has 9 heteroatoms. The van der Waals surface area contributed by atoms with E-state index in [-0.39, 0.29) is 18.9 Å². The smallest absolute Gasteiger partial charge is 0.315 e. The third kappa shape index (κ3) is 10.1. The van der Waals surface area contributed by atoms with Crippen LogP contribution in [0, 0.1) is 5.92 Å². The average molecular weight is 323 g/mol. The number of carboxylic acid groups (broad SMARTS) is 1. The number of nitrogens with one attached hydrogen (secondary N) is 3. The molecule has 0 aromatic carbocycles. The normalized spacial score (nSPS) is 13.8. The standard InChI is InChI=1S/C12H25N3O5S/c1-8(2)9(6-10(16)17)14-11(18)13-7-12(3,4)15-21(5,19)20/h8-9,15H,6-7H2,1-5H3,(H,16,17)(H2,13,14,18). The van der Waals surface area contributed by atoms with Gasteiger partial charge in [-0.15, -0.1) is 0 Å². The molecule has 0 aromatic heterocycles. The Kier molecular flexibility index (Phi) is 7.11. The molecule has 4 N–H and O–H groups in total. The third-order valence-electron chi connectivity index (χ3n) is 2.67. The fourth-order valence-corrected chi connectivity index (χ4v) is 2.78. The summed E-state index contributed by atoms with van der Waals surface area (Å²) in [7, 11) is -3.38. The Morgan fingerprint density at radius 3 is 2.14 bits per heavy atom. The highest BCUT2D eigenvalue weighted by Crippen LogP contribution is 2.06. The minimum atomic E-state index is -3.38. The van der Waals surface area contributed by atoms with Gasteiger partial charge in [-0.1, -0.05) is 13.8 Å². The van der Waals surface area contributed by atoms with Gasteiger partial charge in [-0.3, -0.25) is 4.79 Å². The fraction of sp³-hybridized carbons (Fsp3) is 0.833. The highest BCUT2D eigenvalue weighted by atomic mass is 32.2. The molecule has 8 nitrogen and oxygen atoms in total. The van der Waals surface area contributed by atoms with Crippen LogP contribution in [0.3, 0.4) is 0 Å². The molecule has 0 rings (SSSR count). The molecule has 2 amide bonds. The maximum Gasteiger partial charge on any atom is 0.315 e. The summed E-state index contributed by atoms with van der Waals surface area (Å²) in [5, 5.41) is 13.9. The predicted molar refractivity (Wildman–Crippen MR) is 79.5 cm³/mol. The summed E-state index contributed by atoms with van der Waals surface area (Å²) in [5.74, 6) is -1.03. The highest BCUT2D eigenvalue weighted by molar-refractivity contribution is 7.88. The molecule has 124 valence electrons. The summed E-state index contributed by atoms with van der Waals surface area (Å²) in [4.78, 5) is 22.5. The van der Waals surface area contributed by atoms with E-state index in [0.29, 0.717) is 0 Å². The van der Waals surface area contributed by atoms with Crippen molar-refractivity contribution in [2.45, 2.75) is 45.7 Å². The topological polar surface area (TPSA) is 125 Å². The molecule has 0 radical (unpaired) electrons. The second-order valence-electron chi connectivity index (χ2n) is 6.03. The second kappa shape index (κ2) is 7.60. The lowest BCUT2D eigenvalue weighted by Crippen LogP contribution is -2.54. The molecule has 0 aliphatic carbocycles. The Hall–Kier alpha value is -1.35. The third-order valence-corrected chi connectivity index (χ3v) is 3.59. The van der Waals surface area contributed by atoms with Crippen LogP contribution in [0.2, 0.25) is 0 Å². The molecule has 0 saturated carbocycles. The van der Waals surface area contributed by atoms with Crippen LogP contribution in [0.4, 0.5) is 4.79 Å². The van der Waals surface area contributed by atoms with Crippen molar-refractivity contribution in [3.63, 3.8) is 0 Å². The first kappa shape index (κ1) is 19.7. The zero-order valence-corrected chi connectivity index (χ0v) is 13.9. The molecule has 0 saturated heterocycles. The number of hydrogen-bond donors (Lipinski definition) is 4. The number of amides is 2. The maximum absolute atomic E-state index is 11.8. The first-order valence-corrected chi connectivity index (χ1v) is 8.46. The van der Waals surface area contributed by atoms with E-state index in [1.165, 1.54) is 0 Å². The fourth-order valence-electron chi connectivity index (χ4n) is 1.70. The first-order valence-electron chi connectivity index (χ1n) is 6.57. The van der Waals surface area contributed by atoms with Gasteiger partial charge in [0.25, 0.3) is 0 Å². The van der Waals surface area contributed by atoms with Gasteiger partial charge in [0, 0.05) is 18.1 Å². The molecule has 0 bridgehead atoms. The number of hydrogen-bond acceptors (Lipinski definition) is 4. The predicted octanol–water partition coefficient (Wildman–Crippen LogP) is 0.113. The lowest BCUT2D eigenvalue weighted by atomic mass is 10.0. The van der Waals surface area contributed by atoms with E-state index in [4.69, 9.17) is 5.11 Å². The van der Waals surface area contributed by atoms with Crippen molar-refractivity contribution in [3.8, 4) is 0 Å². The Morgan fingerprint density at radius 2 is 1.76 bits per heavy atom. The van der Waals surface area contributed by atoms with Crippen LogP contribution in [-0.4, -0.2) is 49.9 Å². The van der Waals surface area contributed by atoms with Gasteiger partial charge in [0.1, 0.15) is 0 Å². The molecule has 0 aliphatic heterocycles. The van der Waals surface area contributed by atoms with E-state index < -0.39 is 33.6 Å². The zero-order chi connectivity index (χ0) is 16.8. The molecule has 1 atom stereocenters. The van der Waals surface area contributed by atoms with Gasteiger partial charge < -0.3 is 15.7 Å². The van der Waals surface area contributed by atoms with Crippen LogP contribution in [-0.2, 0) is 14.8 Å². The molecule has 0 aromatic rings. The van der Waals surface area contributed by atoms with E-state index in [0.717, 1.165) is 6.26 Å². The lowest BCUT2D eigenvalue weighted by molar-refractivity contribution is -0.137. The summed E-state index contributed by atoms with van der Waals surface area (Å²) < 4.78 is 24.7. The molecule has 1 unspecified atom stereocenters. The maximum atomic E-state index is 11.8. The van der Waals surface area contributed by atoms with Crippen molar-refractivity contribution >= 4 is 22.0 Å². The van der Waals surface area contributed by atoms with Crippen LogP contribution in [0.1, 0.15) is 34.1 Å². The number of carbonyl (C=O) groups excluding carboxylic acids is 1. The van der Waals surface area contributed by atoms with Gasteiger partial charge in [-0.2, -0.15) is 0 Å². The summed E-state index contributed by atoms with van der Waals surface area (Å²) in [5.41, 5.74) is -0.842. The first-order chi connectivity index (χ1) is 9.32. The van der Waals surface area contributed by atoms with Crippen molar-refractivity contribution in [2.24, 2.45) is 5.92 Å². The van der Waals surface area contributed by atoms with E-state index in [9.17, 15) is 18.0 Å². The quantitative estimate of drug-likeness (QED) is 0.505. The second-order valence-corrected chi connectivity index (χ2v) is 7.78. The van der Waals surface area contributed by atoms with Crippen molar-refractivity contribution in [3.05, 3.63) is 0 Å². The van der Waals surface area contributed by atoms with Crippen LogP contribution in [0.15, 0.2) is 0 Å². The minimum Gasteiger partial charge on any atom is -0.481 e. The summed E-state index contributed by atoms with van der Waals surface area (Å²) >= 11 is 0. The van der Waals surface area contributed by atoms with E-state index in [2.05, 4.69) is 15.4 Å². The van der Waals surface area contributed by atoms with Gasteiger partial charge in [0.15, 0.2) is 0 Å². The highest BCUT2D eigenvalue weighted by Gasteiger charge is 2.24. The van der Waals surface area contributed by atoms with Crippen molar-refractivity contribution in [2.75, 3.05) is 12.8 Å². The number of urea groups is 1. The van der Waals surface area contributed by atoms with Crippen molar-refractivity contribution < 1.29 is 23.1 Å². The van der Waals surface area contributed by atoms with Crippen molar-refractivity contribution in [1.29, 1.82) is 0 Å². The van der Waals surface area contributed by atoms with E-state index >= 15 is 0 Å². The SMILES string of the molecule is CC(C)C(CC(=O)O)NC(=O)NCC(C)(C)NS(C)(=O)=O. The molecule has 0 aliphatic rings. The van der Waals surface area contributed by atoms with Gasteiger partial charge in [0.2, 0.25) is 10.0 Å². The van der Waals surface area contributed by atoms with Crippen LogP contribution < -0.4 is 15.4 Å². The summed E-state index contributed by atoms with van der Waals surface area (Å²) in [6.07, 6.45) is 0.868. The minimum absolute atomic E-state index is 0.0333. The largest absolute Gasteiger partial charge is 0.481 e. The molecule has 21 heavy (non-hydrogen) atoms. The zero-order valence-electron chi connectivity index (χ0n) is 13.1. The van der Waals surface area contributed by atoms with Gasteiger partial charge in [-0.25, -0.2) is 17.9 Å². The summed E-state index contributed by atoms with van der Waals surface area (Å²) in [6.45, 7) is 6.95. The lowest BCUT2D eigenvalue weighted by Gasteiger charge is -2.26. The Balaban J connectivity index is 4.45. The van der Waals surface area contributed by atoms with E-state index in [1.54, 1.807) is 13.8 Å². The number of aliphatic carboxylic acids is 1. The monoisotopic (exact) mass is 323 g/mol. The molecule has 0 spiro atoms. The van der Waals surface area contributed by atoms with Gasteiger partial charge >= 0.3 is 12.0 Å². The van der Waals surface area contributed by atoms with E-state index in [1.807, 2.05) is 13.8 Å². The van der Waals surface area contributed by atoms with Gasteiger partial charge in [-0.05, 0) is 19.8 Å². The number of rotatable bonds is 8. The molecular weight excluding hydrogens is 298 g/mol. The van der Waals surface area contributed by atoms with Gasteiger partial charge in [0.05, 0.1) is 12.7 Å². The number of carbonyl (C=O) groups is 2. The Labute approximate surface area is 125 Å². The number of sulfonamides is 1. The Morgan fingerprint density at radius 1 is 1.24 bits per heavy atom. The molecule has 0 heterocycles. The van der Waals surface area contributed by atoms with Crippen LogP contribution in [0.25, 0.3) is 0 Å². The van der Waals surface area contributed by atoms with Crippen LogP contribution in [0.5, 0.6) is 0 Å². The summed E-state index contributed by atoms with van der Waals surface area (Å²) in [6, 6.07) is -1.02. The molecule has 0 fully saturated rings.